The molecule has 2 aromatic carbocycles. The molecule has 4 rings (SSSR count). The predicted octanol–water partition coefficient (Wildman–Crippen LogP) is 4.05. The Hall–Kier alpha value is -3.13. The topological polar surface area (TPSA) is 60.2 Å². The molecule has 0 bridgehead atoms. The van der Waals surface area contributed by atoms with Crippen molar-refractivity contribution in [1.29, 1.82) is 0 Å². The van der Waals surface area contributed by atoms with Crippen LogP contribution >= 0.6 is 0 Å². The van der Waals surface area contributed by atoms with Gasteiger partial charge < -0.3 is 9.36 Å². The van der Waals surface area contributed by atoms with E-state index in [9.17, 15) is 13.2 Å². The van der Waals surface area contributed by atoms with E-state index in [4.69, 9.17) is 4.84 Å². The van der Waals surface area contributed by atoms with Gasteiger partial charge in [0.25, 0.3) is 0 Å². The molecule has 3 aromatic rings. The number of hydroxylamine groups is 1. The zero-order valence-corrected chi connectivity index (χ0v) is 13.2. The first kappa shape index (κ1) is 16.3. The van der Waals surface area contributed by atoms with Crippen molar-refractivity contribution in [3.8, 4) is 11.4 Å². The maximum Gasteiger partial charge on any atom is 0.471 e. The fraction of sp³-hybridized carbons (Fsp3) is 0.111. The summed E-state index contributed by atoms with van der Waals surface area (Å²) in [6, 6.07) is 16.5. The fourth-order valence-corrected chi connectivity index (χ4v) is 2.81. The number of rotatable bonds is 3. The predicted molar refractivity (Wildman–Crippen MR) is 85.3 cm³/mol. The molecule has 1 unspecified atom stereocenters. The summed E-state index contributed by atoms with van der Waals surface area (Å²) in [5.74, 6) is -1.49. The molecule has 0 spiro atoms. The van der Waals surface area contributed by atoms with E-state index in [0.29, 0.717) is 5.56 Å². The van der Waals surface area contributed by atoms with E-state index in [1.807, 2.05) is 36.4 Å². The van der Waals surface area contributed by atoms with E-state index in [1.165, 1.54) is 0 Å². The van der Waals surface area contributed by atoms with Gasteiger partial charge in [0.1, 0.15) is 11.8 Å². The molecular weight excluding hydrogens is 347 g/mol. The minimum Gasteiger partial charge on any atom is -0.415 e. The zero-order valence-electron chi connectivity index (χ0n) is 13.2. The van der Waals surface area contributed by atoms with E-state index in [0.717, 1.165) is 11.1 Å². The highest BCUT2D eigenvalue weighted by Crippen LogP contribution is 2.35. The Kier molecular flexibility index (Phi) is 3.77. The maximum absolute atomic E-state index is 12.6. The van der Waals surface area contributed by atoms with Crippen LogP contribution in [0, 0.1) is 0 Å². The van der Waals surface area contributed by atoms with Gasteiger partial charge in [-0.2, -0.15) is 18.2 Å². The van der Waals surface area contributed by atoms with Gasteiger partial charge in [-0.15, -0.1) is 5.48 Å². The smallest absolute Gasteiger partial charge is 0.415 e. The van der Waals surface area contributed by atoms with Crippen LogP contribution in [0.15, 0.2) is 71.5 Å². The van der Waals surface area contributed by atoms with Crippen molar-refractivity contribution in [2.24, 2.45) is 0 Å². The largest absolute Gasteiger partial charge is 0.471 e. The second kappa shape index (κ2) is 5.99. The van der Waals surface area contributed by atoms with Crippen LogP contribution in [0.5, 0.6) is 0 Å². The summed E-state index contributed by atoms with van der Waals surface area (Å²) in [4.78, 5) is 8.63. The Morgan fingerprint density at radius 2 is 1.62 bits per heavy atom. The molecule has 1 aliphatic heterocycles. The molecule has 1 aromatic heterocycles. The highest BCUT2D eigenvalue weighted by Gasteiger charge is 2.39. The Morgan fingerprint density at radius 1 is 0.923 bits per heavy atom. The summed E-state index contributed by atoms with van der Waals surface area (Å²) >= 11 is 0. The van der Waals surface area contributed by atoms with Crippen LogP contribution in [0.1, 0.15) is 17.0 Å². The number of benzene rings is 2. The molecule has 0 fully saturated rings. The minimum absolute atomic E-state index is 0.121. The molecular formula is C18H12F3N3O2. The van der Waals surface area contributed by atoms with Gasteiger partial charge >= 0.3 is 12.1 Å². The van der Waals surface area contributed by atoms with Crippen LogP contribution < -0.4 is 5.48 Å². The Morgan fingerprint density at radius 3 is 2.19 bits per heavy atom. The standard InChI is InChI=1S/C18H12F3N3O2/c19-18(20,21)16-22-15(23-26-16)12-6-8-14(9-7-12)17(10-11-25-24-17)13-4-2-1-3-5-13/h1-11,24H. The highest BCUT2D eigenvalue weighted by molar-refractivity contribution is 5.57. The first-order valence-electron chi connectivity index (χ1n) is 7.67. The lowest BCUT2D eigenvalue weighted by atomic mass is 9.83. The van der Waals surface area contributed by atoms with Crippen molar-refractivity contribution in [2.45, 2.75) is 11.7 Å². The lowest BCUT2D eigenvalue weighted by Gasteiger charge is -2.27. The van der Waals surface area contributed by atoms with Crippen LogP contribution in [0.4, 0.5) is 13.2 Å². The first-order chi connectivity index (χ1) is 12.5. The molecule has 1 aliphatic rings. The second-order valence-corrected chi connectivity index (χ2v) is 5.69. The summed E-state index contributed by atoms with van der Waals surface area (Å²) in [7, 11) is 0. The summed E-state index contributed by atoms with van der Waals surface area (Å²) in [6.45, 7) is 0. The SMILES string of the molecule is FC(F)(F)c1nc(-c2ccc(C3(c4ccccc4)C=CON3)cc2)no1. The average Bonchev–Trinajstić information content (AvgIpc) is 3.33. The van der Waals surface area contributed by atoms with E-state index in [2.05, 4.69) is 20.1 Å². The lowest BCUT2D eigenvalue weighted by molar-refractivity contribution is -0.159. The zero-order chi connectivity index (χ0) is 18.2. The van der Waals surface area contributed by atoms with Crippen molar-refractivity contribution in [2.75, 3.05) is 0 Å². The summed E-state index contributed by atoms with van der Waals surface area (Å²) in [6.07, 6.45) is -1.25. The molecule has 0 saturated carbocycles. The van der Waals surface area contributed by atoms with E-state index in [1.54, 1.807) is 30.5 Å². The van der Waals surface area contributed by atoms with Gasteiger partial charge in [0.05, 0.1) is 0 Å². The number of nitrogens with one attached hydrogen (secondary N) is 1. The van der Waals surface area contributed by atoms with Gasteiger partial charge in [0.2, 0.25) is 5.82 Å². The first-order valence-corrected chi connectivity index (χ1v) is 7.67. The fourth-order valence-electron chi connectivity index (χ4n) is 2.81. The summed E-state index contributed by atoms with van der Waals surface area (Å²) in [5.41, 5.74) is 4.51. The number of halogens is 3. The molecule has 1 atom stereocenters. The van der Waals surface area contributed by atoms with E-state index < -0.39 is 17.6 Å². The highest BCUT2D eigenvalue weighted by atomic mass is 19.4. The Balaban J connectivity index is 1.69. The number of hydrogen-bond acceptors (Lipinski definition) is 5. The molecule has 26 heavy (non-hydrogen) atoms. The summed E-state index contributed by atoms with van der Waals surface area (Å²) < 4.78 is 42.1. The van der Waals surface area contributed by atoms with Crippen LogP contribution in [0.25, 0.3) is 11.4 Å². The number of aromatic nitrogens is 2. The molecule has 132 valence electrons. The normalized spacial score (nSPS) is 19.5. The average molecular weight is 359 g/mol. The number of alkyl halides is 3. The quantitative estimate of drug-likeness (QED) is 0.765. The van der Waals surface area contributed by atoms with E-state index in [-0.39, 0.29) is 5.82 Å². The van der Waals surface area contributed by atoms with Crippen LogP contribution in [-0.2, 0) is 16.6 Å². The van der Waals surface area contributed by atoms with Crippen LogP contribution in [0.2, 0.25) is 0 Å². The van der Waals surface area contributed by atoms with Gasteiger partial charge in [-0.05, 0) is 17.2 Å². The van der Waals surface area contributed by atoms with Crippen molar-refractivity contribution in [3.05, 3.63) is 84.0 Å². The molecule has 0 radical (unpaired) electrons. The second-order valence-electron chi connectivity index (χ2n) is 5.69. The van der Waals surface area contributed by atoms with Crippen LogP contribution in [-0.4, -0.2) is 10.1 Å². The van der Waals surface area contributed by atoms with Gasteiger partial charge in [-0.1, -0.05) is 59.8 Å². The number of hydrogen-bond donors (Lipinski definition) is 1. The Bertz CT molecular complexity index is 936. The monoisotopic (exact) mass is 359 g/mol. The lowest BCUT2D eigenvalue weighted by Crippen LogP contribution is -2.37. The van der Waals surface area contributed by atoms with Gasteiger partial charge in [-0.3, -0.25) is 0 Å². The Labute approximate surface area is 146 Å². The molecule has 0 aliphatic carbocycles. The third-order valence-corrected chi connectivity index (χ3v) is 4.10. The molecule has 5 nitrogen and oxygen atoms in total. The minimum atomic E-state index is -4.67. The van der Waals surface area contributed by atoms with Crippen molar-refractivity contribution in [1.82, 2.24) is 15.6 Å². The molecule has 0 amide bonds. The van der Waals surface area contributed by atoms with Crippen molar-refractivity contribution in [3.63, 3.8) is 0 Å². The van der Waals surface area contributed by atoms with Gasteiger partial charge in [0, 0.05) is 5.56 Å². The summed E-state index contributed by atoms with van der Waals surface area (Å²) in [5, 5.41) is 3.40. The van der Waals surface area contributed by atoms with Crippen LogP contribution in [0.3, 0.4) is 0 Å². The molecule has 8 heteroatoms. The van der Waals surface area contributed by atoms with E-state index >= 15 is 0 Å². The third-order valence-electron chi connectivity index (χ3n) is 4.10. The van der Waals surface area contributed by atoms with Gasteiger partial charge in [-0.25, -0.2) is 0 Å². The van der Waals surface area contributed by atoms with Crippen molar-refractivity contribution >= 4 is 0 Å². The third kappa shape index (κ3) is 2.74. The molecule has 1 N–H and O–H groups in total. The maximum atomic E-state index is 12.6. The molecule has 2 heterocycles. The number of nitrogens with zero attached hydrogens (tertiary/aromatic N) is 2. The molecule has 0 saturated heterocycles. The van der Waals surface area contributed by atoms with Gasteiger partial charge in [0.15, 0.2) is 0 Å². The van der Waals surface area contributed by atoms with Crippen molar-refractivity contribution < 1.29 is 22.5 Å².